The minimum atomic E-state index is -3.91. The first-order valence-corrected chi connectivity index (χ1v) is 12.7. The first-order valence-electron chi connectivity index (χ1n) is 11.2. The molecule has 1 fully saturated rings. The molecular weight excluding hydrogens is 452 g/mol. The third-order valence-electron chi connectivity index (χ3n) is 5.69. The molecule has 1 saturated heterocycles. The highest BCUT2D eigenvalue weighted by Gasteiger charge is 2.25. The third-order valence-corrected chi connectivity index (χ3v) is 7.10. The molecule has 0 atom stereocenters. The molecule has 2 N–H and O–H groups in total. The minimum absolute atomic E-state index is 0.135. The molecule has 2 heterocycles. The van der Waals surface area contributed by atoms with E-state index in [0.717, 1.165) is 31.5 Å². The van der Waals surface area contributed by atoms with Crippen LogP contribution in [0.3, 0.4) is 0 Å². The Morgan fingerprint density at radius 2 is 1.79 bits per heavy atom. The number of aryl methyl sites for hydroxylation is 1. The predicted octanol–water partition coefficient (Wildman–Crippen LogP) is 4.06. The number of pyridine rings is 1. The lowest BCUT2D eigenvalue weighted by Crippen LogP contribution is -2.23. The molecule has 1 amide bonds. The number of carbonyl (C=O) groups is 1. The van der Waals surface area contributed by atoms with Crippen LogP contribution in [0.4, 0.5) is 17.1 Å². The number of hydrogen-bond acceptors (Lipinski definition) is 6. The molecule has 1 aliphatic heterocycles. The summed E-state index contributed by atoms with van der Waals surface area (Å²) in [5.74, 6) is 0.445. The number of nitrogens with zero attached hydrogens (tertiary/aromatic N) is 2. The number of amides is 1. The number of rotatable bonds is 9. The zero-order valence-corrected chi connectivity index (χ0v) is 19.8. The molecule has 8 nitrogen and oxygen atoms in total. The summed E-state index contributed by atoms with van der Waals surface area (Å²) < 4.78 is 34.6. The van der Waals surface area contributed by atoms with Gasteiger partial charge in [0.2, 0.25) is 5.91 Å². The number of anilines is 3. The largest absolute Gasteiger partial charge is 0.497 e. The molecule has 0 saturated carbocycles. The lowest BCUT2D eigenvalue weighted by atomic mass is 10.1. The van der Waals surface area contributed by atoms with Crippen LogP contribution in [0, 0.1) is 0 Å². The molecule has 0 bridgehead atoms. The zero-order chi connectivity index (χ0) is 24.0. The number of nitrogens with one attached hydrogen (secondary N) is 2. The molecule has 34 heavy (non-hydrogen) atoms. The van der Waals surface area contributed by atoms with Gasteiger partial charge in [-0.25, -0.2) is 8.42 Å². The topological polar surface area (TPSA) is 101 Å². The molecule has 2 aromatic carbocycles. The number of hydrogen-bond donors (Lipinski definition) is 2. The van der Waals surface area contributed by atoms with Crippen molar-refractivity contribution in [2.24, 2.45) is 0 Å². The summed E-state index contributed by atoms with van der Waals surface area (Å²) in [5, 5.41) is 2.83. The molecule has 0 aliphatic carbocycles. The van der Waals surface area contributed by atoms with Crippen LogP contribution in [0.15, 0.2) is 71.9 Å². The van der Waals surface area contributed by atoms with E-state index in [1.165, 1.54) is 6.07 Å². The summed E-state index contributed by atoms with van der Waals surface area (Å²) in [7, 11) is -2.35. The van der Waals surface area contributed by atoms with Crippen molar-refractivity contribution in [3.05, 3.63) is 72.6 Å². The van der Waals surface area contributed by atoms with Crippen molar-refractivity contribution in [3.63, 3.8) is 0 Å². The Balaban J connectivity index is 1.55. The zero-order valence-electron chi connectivity index (χ0n) is 19.0. The summed E-state index contributed by atoms with van der Waals surface area (Å²) in [6.07, 6.45) is 6.26. The monoisotopic (exact) mass is 480 g/mol. The standard InChI is InChI=1S/C25H28N4O4S/c1-33-22-10-7-20(8-11-22)28-34(31,32)24-17-21(9-12-23(24)29-15-2-3-16-29)27-25(30)13-6-19-5-4-14-26-18-19/h4-5,7-12,14,17-18,28H,2-3,6,13,15-16H2,1H3,(H,27,30). The van der Waals surface area contributed by atoms with E-state index in [0.29, 0.717) is 29.2 Å². The Morgan fingerprint density at radius 1 is 1.06 bits per heavy atom. The first kappa shape index (κ1) is 23.6. The van der Waals surface area contributed by atoms with Crippen LogP contribution in [0.2, 0.25) is 0 Å². The maximum Gasteiger partial charge on any atom is 0.264 e. The van der Waals surface area contributed by atoms with Crippen LogP contribution in [0.25, 0.3) is 0 Å². The Labute approximate surface area is 200 Å². The molecule has 1 aliphatic rings. The Kier molecular flexibility index (Phi) is 7.32. The Morgan fingerprint density at radius 3 is 2.47 bits per heavy atom. The lowest BCUT2D eigenvalue weighted by molar-refractivity contribution is -0.116. The van der Waals surface area contributed by atoms with Gasteiger partial charge < -0.3 is 15.0 Å². The van der Waals surface area contributed by atoms with E-state index < -0.39 is 10.0 Å². The lowest BCUT2D eigenvalue weighted by Gasteiger charge is -2.22. The van der Waals surface area contributed by atoms with Gasteiger partial charge in [-0.15, -0.1) is 0 Å². The van der Waals surface area contributed by atoms with Gasteiger partial charge in [0.25, 0.3) is 10.0 Å². The SMILES string of the molecule is COc1ccc(NS(=O)(=O)c2cc(NC(=O)CCc3cccnc3)ccc2N2CCCC2)cc1. The first-order chi connectivity index (χ1) is 16.4. The molecule has 1 aromatic heterocycles. The van der Waals surface area contributed by atoms with Crippen LogP contribution in [-0.2, 0) is 21.2 Å². The summed E-state index contributed by atoms with van der Waals surface area (Å²) in [6.45, 7) is 1.59. The Bertz CT molecular complexity index is 1230. The summed E-state index contributed by atoms with van der Waals surface area (Å²) in [4.78, 5) is 18.8. The maximum atomic E-state index is 13.4. The van der Waals surface area contributed by atoms with E-state index in [1.54, 1.807) is 55.9 Å². The molecular formula is C25H28N4O4S. The molecule has 178 valence electrons. The van der Waals surface area contributed by atoms with Crippen LogP contribution >= 0.6 is 0 Å². The van der Waals surface area contributed by atoms with Crippen molar-refractivity contribution in [1.82, 2.24) is 4.98 Å². The number of methoxy groups -OCH3 is 1. The maximum absolute atomic E-state index is 13.4. The molecule has 0 radical (unpaired) electrons. The van der Waals surface area contributed by atoms with Gasteiger partial charge in [-0.3, -0.25) is 14.5 Å². The van der Waals surface area contributed by atoms with Gasteiger partial charge >= 0.3 is 0 Å². The number of aromatic nitrogens is 1. The molecule has 0 spiro atoms. The van der Waals surface area contributed by atoms with Crippen molar-refractivity contribution in [1.29, 1.82) is 0 Å². The molecule has 0 unspecified atom stereocenters. The van der Waals surface area contributed by atoms with Crippen molar-refractivity contribution in [2.45, 2.75) is 30.6 Å². The molecule has 4 rings (SSSR count). The highest BCUT2D eigenvalue weighted by Crippen LogP contribution is 2.32. The van der Waals surface area contributed by atoms with E-state index in [2.05, 4.69) is 19.9 Å². The van der Waals surface area contributed by atoms with E-state index in [4.69, 9.17) is 4.74 Å². The van der Waals surface area contributed by atoms with Crippen molar-refractivity contribution in [2.75, 3.05) is 35.1 Å². The summed E-state index contributed by atoms with van der Waals surface area (Å²) >= 11 is 0. The van der Waals surface area contributed by atoms with E-state index >= 15 is 0 Å². The second-order valence-corrected chi connectivity index (χ2v) is 9.77. The highest BCUT2D eigenvalue weighted by molar-refractivity contribution is 7.92. The van der Waals surface area contributed by atoms with Gasteiger partial charge in [0.15, 0.2) is 0 Å². The van der Waals surface area contributed by atoms with Gasteiger partial charge in [-0.2, -0.15) is 0 Å². The van der Waals surface area contributed by atoms with Crippen molar-refractivity contribution < 1.29 is 17.9 Å². The van der Waals surface area contributed by atoms with Crippen LogP contribution < -0.4 is 19.7 Å². The van der Waals surface area contributed by atoms with Gasteiger partial charge in [0, 0.05) is 43.3 Å². The van der Waals surface area contributed by atoms with Gasteiger partial charge in [0.1, 0.15) is 10.6 Å². The fraction of sp³-hybridized carbons (Fsp3) is 0.280. The number of sulfonamides is 1. The van der Waals surface area contributed by atoms with Gasteiger partial charge in [-0.1, -0.05) is 6.07 Å². The van der Waals surface area contributed by atoms with E-state index in [9.17, 15) is 13.2 Å². The second kappa shape index (κ2) is 10.6. The second-order valence-electron chi connectivity index (χ2n) is 8.12. The number of carbonyl (C=O) groups excluding carboxylic acids is 1. The summed E-state index contributed by atoms with van der Waals surface area (Å²) in [5.41, 5.74) is 2.47. The smallest absolute Gasteiger partial charge is 0.264 e. The third kappa shape index (κ3) is 5.85. The predicted molar refractivity (Wildman–Crippen MR) is 133 cm³/mol. The summed E-state index contributed by atoms with van der Waals surface area (Å²) in [6, 6.07) is 15.5. The Hall–Kier alpha value is -3.59. The fourth-order valence-corrected chi connectivity index (χ4v) is 5.23. The fourth-order valence-electron chi connectivity index (χ4n) is 3.92. The average Bonchev–Trinajstić information content (AvgIpc) is 3.39. The number of benzene rings is 2. The quantitative estimate of drug-likeness (QED) is 0.479. The van der Waals surface area contributed by atoms with Gasteiger partial charge in [-0.05, 0) is 73.4 Å². The van der Waals surface area contributed by atoms with E-state index in [1.807, 2.05) is 12.1 Å². The van der Waals surface area contributed by atoms with E-state index in [-0.39, 0.29) is 17.2 Å². The van der Waals surface area contributed by atoms with Crippen molar-refractivity contribution >= 4 is 33.0 Å². The molecule has 9 heteroatoms. The molecule has 3 aromatic rings. The number of ether oxygens (including phenoxy) is 1. The van der Waals surface area contributed by atoms with Crippen LogP contribution in [0.5, 0.6) is 5.75 Å². The highest BCUT2D eigenvalue weighted by atomic mass is 32.2. The van der Waals surface area contributed by atoms with Gasteiger partial charge in [0.05, 0.1) is 12.8 Å². The van der Waals surface area contributed by atoms with Crippen LogP contribution in [-0.4, -0.2) is 39.5 Å². The minimum Gasteiger partial charge on any atom is -0.497 e. The normalized spacial score (nSPS) is 13.5. The van der Waals surface area contributed by atoms with Crippen molar-refractivity contribution in [3.8, 4) is 5.75 Å². The average molecular weight is 481 g/mol. The van der Waals surface area contributed by atoms with Crippen LogP contribution in [0.1, 0.15) is 24.8 Å².